The van der Waals surface area contributed by atoms with Gasteiger partial charge in [0.05, 0.1) is 41.5 Å². The molecule has 1 N–H and O–H groups in total. The molecule has 40 heavy (non-hydrogen) atoms. The first-order valence-corrected chi connectivity index (χ1v) is 14.6. The molecule has 9 heteroatoms. The van der Waals surface area contributed by atoms with Crippen molar-refractivity contribution in [3.8, 4) is 0 Å². The number of carbonyl (C=O) groups is 3. The average molecular weight is 573 g/mol. The highest BCUT2D eigenvalue weighted by atomic mass is 35.5. The number of esters is 1. The summed E-state index contributed by atoms with van der Waals surface area (Å²) in [4.78, 5) is 45.6. The van der Waals surface area contributed by atoms with Gasteiger partial charge in [0.1, 0.15) is 17.6 Å². The Morgan fingerprint density at radius 3 is 2.65 bits per heavy atom. The maximum atomic E-state index is 14.7. The Hall–Kier alpha value is -2.68. The Bertz CT molecular complexity index is 1160. The predicted molar refractivity (Wildman–Crippen MR) is 154 cm³/mol. The highest BCUT2D eigenvalue weighted by Crippen LogP contribution is 2.64. The summed E-state index contributed by atoms with van der Waals surface area (Å²) in [6.45, 7) is 13.3. The number of rotatable bonds is 13. The second-order valence-electron chi connectivity index (χ2n) is 11.4. The number of likely N-dealkylation sites (tertiary alicyclic amines) is 1. The van der Waals surface area contributed by atoms with Crippen LogP contribution in [0.3, 0.4) is 0 Å². The Morgan fingerprint density at radius 2 is 2.02 bits per heavy atom. The SMILES string of the molecule is C=CCCCOC(=O)[C@H]1[C@H]2C(=O)N([C@@H](CO)[C@@H](C)CC)C(C(=O)N(CC=C)c3ccccc3Cl)C23CC[C@]1(C)O3. The molecule has 3 heterocycles. The summed E-state index contributed by atoms with van der Waals surface area (Å²) in [6, 6.07) is 5.31. The number of nitrogens with zero attached hydrogens (tertiary/aromatic N) is 2. The zero-order valence-corrected chi connectivity index (χ0v) is 24.4. The van der Waals surface area contributed by atoms with E-state index in [1.54, 1.807) is 36.4 Å². The van der Waals surface area contributed by atoms with Crippen molar-refractivity contribution < 1.29 is 29.0 Å². The topological polar surface area (TPSA) is 96.4 Å². The first-order valence-electron chi connectivity index (χ1n) is 14.2. The summed E-state index contributed by atoms with van der Waals surface area (Å²) in [5, 5.41) is 10.9. The number of benzene rings is 1. The molecule has 3 aliphatic heterocycles. The highest BCUT2D eigenvalue weighted by Gasteiger charge is 2.79. The van der Waals surface area contributed by atoms with Gasteiger partial charge in [0.2, 0.25) is 5.91 Å². The van der Waals surface area contributed by atoms with Gasteiger partial charge in [-0.3, -0.25) is 14.4 Å². The highest BCUT2D eigenvalue weighted by molar-refractivity contribution is 6.34. The second-order valence-corrected chi connectivity index (χ2v) is 11.8. The molecule has 2 unspecified atom stereocenters. The number of unbranched alkanes of at least 4 members (excludes halogenated alkanes) is 1. The fourth-order valence-corrected chi connectivity index (χ4v) is 7.15. The van der Waals surface area contributed by atoms with Crippen LogP contribution in [-0.2, 0) is 23.9 Å². The number of hydrogen-bond acceptors (Lipinski definition) is 6. The fourth-order valence-electron chi connectivity index (χ4n) is 6.92. The Balaban J connectivity index is 1.81. The molecule has 1 aromatic carbocycles. The van der Waals surface area contributed by atoms with Crippen molar-refractivity contribution in [2.45, 2.75) is 76.2 Å². The largest absolute Gasteiger partial charge is 0.465 e. The standard InChI is InChI=1S/C31H41ClN2O6/c1-6-9-12-18-39-29(38)25-24-27(36)34(23(19-35)20(4)8-3)26(31(24)16-15-30(25,5)40-31)28(37)33(17-7-2)22-14-11-10-13-21(22)32/h6-7,10-11,13-14,20,23-26,35H,1-2,8-9,12,15-19H2,3-5H3/t20-,23-,24-,25+,26?,30-,31?/m0/s1. The Kier molecular flexibility index (Phi) is 9.12. The first-order chi connectivity index (χ1) is 19.1. The van der Waals surface area contributed by atoms with Gasteiger partial charge in [0.15, 0.2) is 0 Å². The molecular formula is C31H41ClN2O6. The minimum atomic E-state index is -1.24. The van der Waals surface area contributed by atoms with Gasteiger partial charge in [0, 0.05) is 6.54 Å². The third-order valence-corrected chi connectivity index (χ3v) is 9.38. The smallest absolute Gasteiger partial charge is 0.312 e. The second kappa shape index (κ2) is 12.0. The van der Waals surface area contributed by atoms with E-state index in [2.05, 4.69) is 13.2 Å². The number of ether oxygens (including phenoxy) is 2. The van der Waals surface area contributed by atoms with Crippen molar-refractivity contribution in [1.82, 2.24) is 4.90 Å². The molecule has 3 saturated heterocycles. The molecule has 1 aromatic rings. The summed E-state index contributed by atoms with van der Waals surface area (Å²) in [7, 11) is 0. The van der Waals surface area contributed by atoms with E-state index in [1.165, 1.54) is 9.80 Å². The van der Waals surface area contributed by atoms with Crippen LogP contribution in [0.1, 0.15) is 52.9 Å². The molecule has 3 aliphatic rings. The van der Waals surface area contributed by atoms with E-state index in [9.17, 15) is 19.5 Å². The van der Waals surface area contributed by atoms with Crippen molar-refractivity contribution in [3.63, 3.8) is 0 Å². The molecule has 2 bridgehead atoms. The number of para-hydroxylation sites is 1. The van der Waals surface area contributed by atoms with Crippen LogP contribution >= 0.6 is 11.6 Å². The van der Waals surface area contributed by atoms with E-state index in [-0.39, 0.29) is 37.5 Å². The molecule has 0 saturated carbocycles. The van der Waals surface area contributed by atoms with Crippen molar-refractivity contribution >= 4 is 35.1 Å². The summed E-state index contributed by atoms with van der Waals surface area (Å²) in [5.74, 6) is -3.09. The normalized spacial score (nSPS) is 30.1. The van der Waals surface area contributed by atoms with Crippen LogP contribution in [0.25, 0.3) is 0 Å². The van der Waals surface area contributed by atoms with E-state index in [0.29, 0.717) is 42.8 Å². The van der Waals surface area contributed by atoms with E-state index in [1.807, 2.05) is 20.8 Å². The summed E-state index contributed by atoms with van der Waals surface area (Å²) in [6.07, 6.45) is 6.31. The van der Waals surface area contributed by atoms with Crippen LogP contribution in [0.5, 0.6) is 0 Å². The van der Waals surface area contributed by atoms with Gasteiger partial charge >= 0.3 is 5.97 Å². The van der Waals surface area contributed by atoms with E-state index >= 15 is 0 Å². The van der Waals surface area contributed by atoms with Gasteiger partial charge in [-0.2, -0.15) is 0 Å². The molecule has 0 aliphatic carbocycles. The number of carbonyl (C=O) groups excluding carboxylic acids is 3. The zero-order chi connectivity index (χ0) is 29.2. The van der Waals surface area contributed by atoms with E-state index < -0.39 is 41.1 Å². The van der Waals surface area contributed by atoms with Crippen LogP contribution < -0.4 is 4.90 Å². The van der Waals surface area contributed by atoms with E-state index in [0.717, 1.165) is 0 Å². The lowest BCUT2D eigenvalue weighted by Crippen LogP contribution is -2.60. The molecule has 7 atom stereocenters. The molecular weight excluding hydrogens is 532 g/mol. The van der Waals surface area contributed by atoms with Crippen molar-refractivity contribution in [2.75, 3.05) is 24.7 Å². The van der Waals surface area contributed by atoms with Crippen LogP contribution in [0.15, 0.2) is 49.6 Å². The molecule has 8 nitrogen and oxygen atoms in total. The summed E-state index contributed by atoms with van der Waals surface area (Å²) < 4.78 is 12.3. The van der Waals surface area contributed by atoms with Gasteiger partial charge in [-0.25, -0.2) is 0 Å². The minimum Gasteiger partial charge on any atom is -0.465 e. The molecule has 0 radical (unpaired) electrons. The third kappa shape index (κ3) is 4.88. The molecule has 4 rings (SSSR count). The monoisotopic (exact) mass is 572 g/mol. The van der Waals surface area contributed by atoms with Gasteiger partial charge in [-0.1, -0.05) is 56.2 Å². The number of amides is 2. The molecule has 2 amide bonds. The predicted octanol–water partition coefficient (Wildman–Crippen LogP) is 4.54. The maximum Gasteiger partial charge on any atom is 0.312 e. The lowest BCUT2D eigenvalue weighted by molar-refractivity contribution is -0.161. The molecule has 218 valence electrons. The van der Waals surface area contributed by atoms with Crippen LogP contribution in [-0.4, -0.2) is 70.8 Å². The lowest BCUT2D eigenvalue weighted by atomic mass is 9.66. The number of aliphatic hydroxyl groups excluding tert-OH is 1. The quantitative estimate of drug-likeness (QED) is 0.212. The van der Waals surface area contributed by atoms with Crippen molar-refractivity contribution in [2.24, 2.45) is 17.8 Å². The number of hydrogen-bond donors (Lipinski definition) is 1. The van der Waals surface area contributed by atoms with Gasteiger partial charge in [-0.15, -0.1) is 13.2 Å². The lowest BCUT2D eigenvalue weighted by Gasteiger charge is -2.41. The Morgan fingerprint density at radius 1 is 1.30 bits per heavy atom. The number of halogens is 1. The van der Waals surface area contributed by atoms with Crippen LogP contribution in [0.4, 0.5) is 5.69 Å². The van der Waals surface area contributed by atoms with E-state index in [4.69, 9.17) is 21.1 Å². The van der Waals surface area contributed by atoms with Gasteiger partial charge in [0.25, 0.3) is 5.91 Å². The first kappa shape index (κ1) is 30.3. The Labute approximate surface area is 241 Å². The molecule has 0 aromatic heterocycles. The molecule has 1 spiro atoms. The maximum absolute atomic E-state index is 14.7. The van der Waals surface area contributed by atoms with Crippen LogP contribution in [0.2, 0.25) is 5.02 Å². The van der Waals surface area contributed by atoms with Crippen LogP contribution in [0, 0.1) is 17.8 Å². The number of aliphatic hydroxyl groups is 1. The van der Waals surface area contributed by atoms with Gasteiger partial charge < -0.3 is 24.4 Å². The number of fused-ring (bicyclic) bond motifs is 1. The van der Waals surface area contributed by atoms with Crippen molar-refractivity contribution in [3.05, 3.63) is 54.6 Å². The minimum absolute atomic E-state index is 0.107. The zero-order valence-electron chi connectivity index (χ0n) is 23.7. The summed E-state index contributed by atoms with van der Waals surface area (Å²) >= 11 is 6.53. The number of anilines is 1. The number of allylic oxidation sites excluding steroid dienone is 1. The molecule has 3 fully saturated rings. The summed E-state index contributed by atoms with van der Waals surface area (Å²) in [5.41, 5.74) is -1.70. The third-order valence-electron chi connectivity index (χ3n) is 9.07. The average Bonchev–Trinajstić information content (AvgIpc) is 3.51. The fraction of sp³-hybridized carbons (Fsp3) is 0.581. The van der Waals surface area contributed by atoms with Gasteiger partial charge in [-0.05, 0) is 50.7 Å². The van der Waals surface area contributed by atoms with Crippen molar-refractivity contribution in [1.29, 1.82) is 0 Å².